The van der Waals surface area contributed by atoms with Gasteiger partial charge in [0.2, 0.25) is 0 Å². The number of ether oxygens (including phenoxy) is 1. The van der Waals surface area contributed by atoms with Crippen LogP contribution in [0.15, 0.2) is 21.4 Å². The standard InChI is InChI=1S/C16H16BrF2N3O2/c17-11-3-2-10-13(12(11)19)20-15(21-14(10)23)24-8-16-4-1-5-22(16)7-9(18)6-16/h2-3,9H,1,4-8H2,(H,20,21,23)/t9-,16+/m1/s1. The molecule has 2 aromatic rings. The van der Waals surface area contributed by atoms with E-state index in [0.717, 1.165) is 19.4 Å². The zero-order valence-corrected chi connectivity index (χ0v) is 14.4. The van der Waals surface area contributed by atoms with Gasteiger partial charge in [-0.05, 0) is 47.4 Å². The Morgan fingerprint density at radius 1 is 1.50 bits per heavy atom. The molecule has 24 heavy (non-hydrogen) atoms. The van der Waals surface area contributed by atoms with Gasteiger partial charge in [0, 0.05) is 13.0 Å². The smallest absolute Gasteiger partial charge is 0.297 e. The van der Waals surface area contributed by atoms with Gasteiger partial charge in [-0.25, -0.2) is 8.78 Å². The third-order valence-corrected chi connectivity index (χ3v) is 5.60. The van der Waals surface area contributed by atoms with Crippen molar-refractivity contribution in [2.45, 2.75) is 31.0 Å². The first kappa shape index (κ1) is 16.0. The summed E-state index contributed by atoms with van der Waals surface area (Å²) in [5, 5.41) is 0.161. The summed E-state index contributed by atoms with van der Waals surface area (Å²) in [6.07, 6.45) is 1.42. The molecular formula is C16H16BrF2N3O2. The molecule has 1 aromatic carbocycles. The van der Waals surface area contributed by atoms with Gasteiger partial charge in [0.15, 0.2) is 5.82 Å². The molecule has 1 aromatic heterocycles. The number of hydrogen-bond donors (Lipinski definition) is 1. The number of nitrogens with zero attached hydrogens (tertiary/aromatic N) is 2. The first-order valence-electron chi connectivity index (χ1n) is 7.88. The highest BCUT2D eigenvalue weighted by Crippen LogP contribution is 2.40. The van der Waals surface area contributed by atoms with Crippen LogP contribution in [-0.2, 0) is 0 Å². The molecule has 0 radical (unpaired) electrons. The van der Waals surface area contributed by atoms with Crippen molar-refractivity contribution in [2.24, 2.45) is 0 Å². The Balaban J connectivity index is 1.63. The van der Waals surface area contributed by atoms with Gasteiger partial charge in [0.1, 0.15) is 18.3 Å². The molecule has 0 saturated carbocycles. The van der Waals surface area contributed by atoms with E-state index in [4.69, 9.17) is 4.74 Å². The number of aromatic nitrogens is 2. The van der Waals surface area contributed by atoms with E-state index in [1.165, 1.54) is 12.1 Å². The topological polar surface area (TPSA) is 58.2 Å². The van der Waals surface area contributed by atoms with E-state index in [0.29, 0.717) is 13.0 Å². The molecule has 2 fully saturated rings. The summed E-state index contributed by atoms with van der Waals surface area (Å²) in [6.45, 7) is 1.51. The Hall–Kier alpha value is -1.54. The molecule has 0 spiro atoms. The minimum Gasteiger partial charge on any atom is -0.463 e. The second-order valence-electron chi connectivity index (χ2n) is 6.49. The van der Waals surface area contributed by atoms with Crippen LogP contribution in [0.1, 0.15) is 19.3 Å². The number of H-pyrrole nitrogens is 1. The van der Waals surface area contributed by atoms with Crippen LogP contribution in [0.25, 0.3) is 10.9 Å². The quantitative estimate of drug-likeness (QED) is 0.861. The zero-order chi connectivity index (χ0) is 16.9. The van der Waals surface area contributed by atoms with E-state index in [-0.39, 0.29) is 33.5 Å². The summed E-state index contributed by atoms with van der Waals surface area (Å²) in [5.41, 5.74) is -0.849. The Kier molecular flexibility index (Phi) is 3.84. The largest absolute Gasteiger partial charge is 0.463 e. The number of hydrogen-bond acceptors (Lipinski definition) is 4. The number of alkyl halides is 1. The lowest BCUT2D eigenvalue weighted by atomic mass is 9.95. The second-order valence-corrected chi connectivity index (χ2v) is 7.35. The monoisotopic (exact) mass is 399 g/mol. The Bertz CT molecular complexity index is 859. The molecule has 0 amide bonds. The van der Waals surface area contributed by atoms with Gasteiger partial charge in [-0.2, -0.15) is 4.98 Å². The molecule has 3 heterocycles. The number of rotatable bonds is 3. The number of aromatic amines is 1. The van der Waals surface area contributed by atoms with Crippen molar-refractivity contribution >= 4 is 26.8 Å². The first-order chi connectivity index (χ1) is 11.5. The van der Waals surface area contributed by atoms with Crippen molar-refractivity contribution in [1.29, 1.82) is 0 Å². The van der Waals surface area contributed by atoms with Crippen LogP contribution in [0.5, 0.6) is 6.01 Å². The maximum absolute atomic E-state index is 14.2. The number of nitrogens with one attached hydrogen (secondary N) is 1. The second kappa shape index (κ2) is 5.77. The molecule has 2 aliphatic rings. The fourth-order valence-corrected chi connectivity index (χ4v) is 4.17. The average molecular weight is 400 g/mol. The molecule has 0 unspecified atom stereocenters. The van der Waals surface area contributed by atoms with Crippen LogP contribution in [0, 0.1) is 5.82 Å². The highest BCUT2D eigenvalue weighted by atomic mass is 79.9. The van der Waals surface area contributed by atoms with Crippen LogP contribution >= 0.6 is 15.9 Å². The maximum Gasteiger partial charge on any atom is 0.297 e. The third kappa shape index (κ3) is 2.52. The van der Waals surface area contributed by atoms with Crippen LogP contribution < -0.4 is 10.3 Å². The van der Waals surface area contributed by atoms with Crippen molar-refractivity contribution in [2.75, 3.05) is 19.7 Å². The van der Waals surface area contributed by atoms with Crippen molar-refractivity contribution in [1.82, 2.24) is 14.9 Å². The minimum atomic E-state index is -0.856. The van der Waals surface area contributed by atoms with Crippen LogP contribution in [0.2, 0.25) is 0 Å². The summed E-state index contributed by atoms with van der Waals surface area (Å²) in [5.74, 6) is -0.603. The molecule has 0 bridgehead atoms. The van der Waals surface area contributed by atoms with E-state index in [9.17, 15) is 13.6 Å². The van der Waals surface area contributed by atoms with Crippen molar-refractivity contribution in [3.8, 4) is 6.01 Å². The molecule has 2 saturated heterocycles. The lowest BCUT2D eigenvalue weighted by Gasteiger charge is -2.30. The highest BCUT2D eigenvalue weighted by Gasteiger charge is 2.49. The predicted molar refractivity (Wildman–Crippen MR) is 88.6 cm³/mol. The zero-order valence-electron chi connectivity index (χ0n) is 12.8. The molecule has 8 heteroatoms. The lowest BCUT2D eigenvalue weighted by Crippen LogP contribution is -2.43. The molecule has 2 atom stereocenters. The van der Waals surface area contributed by atoms with Crippen molar-refractivity contribution in [3.63, 3.8) is 0 Å². The van der Waals surface area contributed by atoms with E-state index in [2.05, 4.69) is 30.8 Å². The van der Waals surface area contributed by atoms with E-state index < -0.39 is 17.5 Å². The minimum absolute atomic E-state index is 0.0342. The van der Waals surface area contributed by atoms with Crippen molar-refractivity contribution < 1.29 is 13.5 Å². The van der Waals surface area contributed by atoms with Gasteiger partial charge in [0.25, 0.3) is 11.6 Å². The molecule has 4 rings (SSSR count). The number of benzene rings is 1. The summed E-state index contributed by atoms with van der Waals surface area (Å²) in [7, 11) is 0. The molecule has 0 aliphatic carbocycles. The summed E-state index contributed by atoms with van der Waals surface area (Å²) in [6, 6.07) is 2.93. The molecule has 2 aliphatic heterocycles. The molecule has 1 N–H and O–H groups in total. The Morgan fingerprint density at radius 3 is 3.17 bits per heavy atom. The average Bonchev–Trinajstić information content (AvgIpc) is 3.05. The van der Waals surface area contributed by atoms with Crippen LogP contribution in [0.3, 0.4) is 0 Å². The fourth-order valence-electron chi connectivity index (χ4n) is 3.85. The lowest BCUT2D eigenvalue weighted by molar-refractivity contribution is 0.107. The first-order valence-corrected chi connectivity index (χ1v) is 8.68. The summed E-state index contributed by atoms with van der Waals surface area (Å²) < 4.78 is 33.9. The van der Waals surface area contributed by atoms with E-state index in [1.807, 2.05) is 0 Å². The van der Waals surface area contributed by atoms with E-state index in [1.54, 1.807) is 0 Å². The molecular weight excluding hydrogens is 384 g/mol. The van der Waals surface area contributed by atoms with Crippen LogP contribution in [0.4, 0.5) is 8.78 Å². The predicted octanol–water partition coefficient (Wildman–Crippen LogP) is 2.78. The van der Waals surface area contributed by atoms with Gasteiger partial charge in [-0.1, -0.05) is 0 Å². The van der Waals surface area contributed by atoms with Crippen LogP contribution in [-0.4, -0.2) is 46.3 Å². The van der Waals surface area contributed by atoms with Gasteiger partial charge >= 0.3 is 0 Å². The highest BCUT2D eigenvalue weighted by molar-refractivity contribution is 9.10. The summed E-state index contributed by atoms with van der Waals surface area (Å²) in [4.78, 5) is 20.8. The normalized spacial score (nSPS) is 26.9. The van der Waals surface area contributed by atoms with Crippen molar-refractivity contribution in [3.05, 3.63) is 32.8 Å². The SMILES string of the molecule is O=c1[nH]c(OC[C@@]23CCCN2C[C@H](F)C3)nc2c(F)c(Br)ccc12. The van der Waals surface area contributed by atoms with Gasteiger partial charge in [-0.3, -0.25) is 14.7 Å². The maximum atomic E-state index is 14.2. The Labute approximate surface area is 145 Å². The number of fused-ring (bicyclic) bond motifs is 2. The van der Waals surface area contributed by atoms with E-state index >= 15 is 0 Å². The van der Waals surface area contributed by atoms with Gasteiger partial charge < -0.3 is 4.74 Å². The Morgan fingerprint density at radius 2 is 2.33 bits per heavy atom. The summed E-state index contributed by atoms with van der Waals surface area (Å²) >= 11 is 3.08. The van der Waals surface area contributed by atoms with Gasteiger partial charge in [-0.15, -0.1) is 0 Å². The fraction of sp³-hybridized carbons (Fsp3) is 0.500. The number of halogens is 3. The van der Waals surface area contributed by atoms with Gasteiger partial charge in [0.05, 0.1) is 15.4 Å². The molecule has 128 valence electrons. The molecule has 5 nitrogen and oxygen atoms in total. The third-order valence-electron chi connectivity index (χ3n) is 4.99.